The first-order valence-electron chi connectivity index (χ1n) is 5.63. The lowest BCUT2D eigenvalue weighted by Crippen LogP contribution is -2.02. The van der Waals surface area contributed by atoms with Gasteiger partial charge in [-0.1, -0.05) is 0 Å². The SMILES string of the molecule is COc1c([N+](=O)[O-])cc(CC2CC2(Cl)Cl)cc1[N+](=O)[O-]. The maximum atomic E-state index is 11.0. The zero-order valence-electron chi connectivity index (χ0n) is 10.3. The van der Waals surface area contributed by atoms with Gasteiger partial charge in [-0.2, -0.15) is 0 Å². The van der Waals surface area contributed by atoms with Gasteiger partial charge in [0.25, 0.3) is 5.75 Å². The van der Waals surface area contributed by atoms with Crippen molar-refractivity contribution in [2.75, 3.05) is 7.11 Å². The van der Waals surface area contributed by atoms with Crippen molar-refractivity contribution in [2.24, 2.45) is 5.92 Å². The van der Waals surface area contributed by atoms with E-state index >= 15 is 0 Å². The summed E-state index contributed by atoms with van der Waals surface area (Å²) in [5.74, 6) is -0.416. The second-order valence-electron chi connectivity index (χ2n) is 4.55. The first-order valence-corrected chi connectivity index (χ1v) is 6.39. The van der Waals surface area contributed by atoms with E-state index in [0.717, 1.165) is 7.11 Å². The van der Waals surface area contributed by atoms with Crippen molar-refractivity contribution < 1.29 is 14.6 Å². The molecule has 0 N–H and O–H groups in total. The van der Waals surface area contributed by atoms with Crippen LogP contribution in [0.15, 0.2) is 12.1 Å². The minimum Gasteiger partial charge on any atom is -0.485 e. The second kappa shape index (κ2) is 5.06. The number of methoxy groups -OCH3 is 1. The van der Waals surface area contributed by atoms with Gasteiger partial charge in [-0.25, -0.2) is 0 Å². The van der Waals surface area contributed by atoms with Crippen molar-refractivity contribution in [3.05, 3.63) is 37.9 Å². The van der Waals surface area contributed by atoms with Gasteiger partial charge in [-0.05, 0) is 24.3 Å². The van der Waals surface area contributed by atoms with E-state index in [4.69, 9.17) is 27.9 Å². The van der Waals surface area contributed by atoms with Gasteiger partial charge in [-0.15, -0.1) is 23.2 Å². The quantitative estimate of drug-likeness (QED) is 0.471. The molecule has 108 valence electrons. The molecule has 0 aromatic heterocycles. The van der Waals surface area contributed by atoms with Crippen LogP contribution in [0.25, 0.3) is 0 Å². The van der Waals surface area contributed by atoms with Crippen molar-refractivity contribution in [3.8, 4) is 5.75 Å². The van der Waals surface area contributed by atoms with Gasteiger partial charge in [0.2, 0.25) is 0 Å². The monoisotopic (exact) mass is 320 g/mol. The number of nitro benzene ring substituents is 2. The third kappa shape index (κ3) is 2.78. The number of halogens is 2. The summed E-state index contributed by atoms with van der Waals surface area (Å²) >= 11 is 11.8. The molecule has 1 fully saturated rings. The normalized spacial score (nSPS) is 19.4. The molecular formula is C11H10Cl2N2O5. The molecule has 0 bridgehead atoms. The van der Waals surface area contributed by atoms with E-state index in [1.165, 1.54) is 12.1 Å². The Morgan fingerprint density at radius 3 is 2.05 bits per heavy atom. The van der Waals surface area contributed by atoms with Crippen LogP contribution in [0.3, 0.4) is 0 Å². The van der Waals surface area contributed by atoms with E-state index in [0.29, 0.717) is 18.4 Å². The van der Waals surface area contributed by atoms with E-state index in [-0.39, 0.29) is 11.7 Å². The fourth-order valence-corrected chi connectivity index (χ4v) is 2.56. The smallest absolute Gasteiger partial charge is 0.318 e. The van der Waals surface area contributed by atoms with Gasteiger partial charge >= 0.3 is 11.4 Å². The molecule has 1 aliphatic carbocycles. The highest BCUT2D eigenvalue weighted by atomic mass is 35.5. The maximum Gasteiger partial charge on any atom is 0.318 e. The van der Waals surface area contributed by atoms with Crippen LogP contribution < -0.4 is 4.74 Å². The zero-order chi connectivity index (χ0) is 15.1. The average Bonchev–Trinajstić information content (AvgIpc) is 2.95. The molecule has 9 heteroatoms. The van der Waals surface area contributed by atoms with Crippen molar-refractivity contribution in [2.45, 2.75) is 17.2 Å². The summed E-state index contributed by atoms with van der Waals surface area (Å²) in [6, 6.07) is 2.52. The van der Waals surface area contributed by atoms with Crippen LogP contribution in [0.4, 0.5) is 11.4 Å². The van der Waals surface area contributed by atoms with E-state index in [9.17, 15) is 20.2 Å². The number of hydrogen-bond acceptors (Lipinski definition) is 5. The van der Waals surface area contributed by atoms with Gasteiger partial charge in [0, 0.05) is 12.1 Å². The van der Waals surface area contributed by atoms with Crippen LogP contribution >= 0.6 is 23.2 Å². The molecule has 1 aromatic carbocycles. The fourth-order valence-electron chi connectivity index (χ4n) is 2.03. The lowest BCUT2D eigenvalue weighted by atomic mass is 10.1. The molecule has 1 atom stereocenters. The fraction of sp³-hybridized carbons (Fsp3) is 0.455. The number of nitro groups is 2. The Bertz CT molecular complexity index is 555. The van der Waals surface area contributed by atoms with Gasteiger partial charge in [-0.3, -0.25) is 20.2 Å². The van der Waals surface area contributed by atoms with Gasteiger partial charge < -0.3 is 4.74 Å². The molecule has 2 rings (SSSR count). The van der Waals surface area contributed by atoms with Crippen LogP contribution in [0, 0.1) is 26.1 Å². The largest absolute Gasteiger partial charge is 0.485 e. The molecular weight excluding hydrogens is 311 g/mol. The number of benzene rings is 1. The first-order chi connectivity index (χ1) is 9.26. The molecule has 0 saturated heterocycles. The Hall–Kier alpha value is -1.60. The van der Waals surface area contributed by atoms with Crippen molar-refractivity contribution in [1.82, 2.24) is 0 Å². The summed E-state index contributed by atoms with van der Waals surface area (Å²) in [6.07, 6.45) is 0.905. The van der Waals surface area contributed by atoms with Crippen LogP contribution in [0.5, 0.6) is 5.75 Å². The van der Waals surface area contributed by atoms with E-state index < -0.39 is 25.6 Å². The maximum absolute atomic E-state index is 11.0. The third-order valence-electron chi connectivity index (χ3n) is 3.14. The molecule has 7 nitrogen and oxygen atoms in total. The minimum atomic E-state index is -0.844. The number of alkyl halides is 2. The van der Waals surface area contributed by atoms with Crippen LogP contribution in [0.1, 0.15) is 12.0 Å². The Kier molecular flexibility index (Phi) is 3.75. The van der Waals surface area contributed by atoms with E-state index in [1.54, 1.807) is 0 Å². The van der Waals surface area contributed by atoms with Crippen LogP contribution in [-0.4, -0.2) is 21.3 Å². The number of hydrogen-bond donors (Lipinski definition) is 0. The first kappa shape index (κ1) is 14.8. The Morgan fingerprint density at radius 1 is 1.30 bits per heavy atom. The molecule has 1 saturated carbocycles. The zero-order valence-corrected chi connectivity index (χ0v) is 11.8. The summed E-state index contributed by atoms with van der Waals surface area (Å²) in [5, 5.41) is 22.0. The molecule has 1 unspecified atom stereocenters. The Morgan fingerprint density at radius 2 is 1.75 bits per heavy atom. The summed E-state index contributed by atoms with van der Waals surface area (Å²) in [4.78, 5) is 20.6. The summed E-state index contributed by atoms with van der Waals surface area (Å²) < 4.78 is 3.94. The van der Waals surface area contributed by atoms with Gasteiger partial charge in [0.15, 0.2) is 0 Å². The summed E-state index contributed by atoms with van der Waals surface area (Å²) in [5.41, 5.74) is -0.434. The minimum absolute atomic E-state index is 0.0570. The summed E-state index contributed by atoms with van der Waals surface area (Å²) in [6.45, 7) is 0. The number of rotatable bonds is 5. The topological polar surface area (TPSA) is 95.5 Å². The van der Waals surface area contributed by atoms with Crippen molar-refractivity contribution >= 4 is 34.6 Å². The van der Waals surface area contributed by atoms with Gasteiger partial charge in [0.05, 0.1) is 17.0 Å². The Balaban J connectivity index is 2.43. The van der Waals surface area contributed by atoms with Gasteiger partial charge in [0.1, 0.15) is 4.33 Å². The highest BCUT2D eigenvalue weighted by molar-refractivity contribution is 6.50. The molecule has 20 heavy (non-hydrogen) atoms. The molecule has 0 spiro atoms. The lowest BCUT2D eigenvalue weighted by Gasteiger charge is -2.06. The predicted molar refractivity (Wildman–Crippen MR) is 72.6 cm³/mol. The third-order valence-corrected chi connectivity index (χ3v) is 4.07. The molecule has 1 aromatic rings. The molecule has 0 heterocycles. The summed E-state index contributed by atoms with van der Waals surface area (Å²) in [7, 11) is 1.15. The molecule has 1 aliphatic rings. The lowest BCUT2D eigenvalue weighted by molar-refractivity contribution is -0.395. The second-order valence-corrected chi connectivity index (χ2v) is 6.09. The van der Waals surface area contributed by atoms with Crippen LogP contribution in [0.2, 0.25) is 0 Å². The molecule has 0 aliphatic heterocycles. The number of ether oxygens (including phenoxy) is 1. The standard InChI is InChI=1S/C11H10Cl2N2O5/c1-20-10-8(14(16)17)3-6(4-9(10)15(18)19)2-7-5-11(7,12)13/h3-4,7H,2,5H2,1H3. The average molecular weight is 321 g/mol. The molecule has 0 amide bonds. The Labute approximate surface area is 123 Å². The molecule has 0 radical (unpaired) electrons. The van der Waals surface area contributed by atoms with Crippen molar-refractivity contribution in [3.63, 3.8) is 0 Å². The predicted octanol–water partition coefficient (Wildman–Crippen LogP) is 3.25. The number of nitrogens with zero attached hydrogens (tertiary/aromatic N) is 2. The van der Waals surface area contributed by atoms with Crippen LogP contribution in [-0.2, 0) is 6.42 Å². The van der Waals surface area contributed by atoms with Crippen molar-refractivity contribution in [1.29, 1.82) is 0 Å². The van der Waals surface area contributed by atoms with E-state index in [1.807, 2.05) is 0 Å². The highest BCUT2D eigenvalue weighted by Gasteiger charge is 2.51. The van der Waals surface area contributed by atoms with E-state index in [2.05, 4.69) is 0 Å². The highest BCUT2D eigenvalue weighted by Crippen LogP contribution is 2.55.